The van der Waals surface area contributed by atoms with E-state index in [0.29, 0.717) is 29.6 Å². The second-order valence-corrected chi connectivity index (χ2v) is 6.56. The number of carbonyl (C=O) groups excluding carboxylic acids is 1. The SMILES string of the molecule is Cc1cc(C(=O)N2CCCC(c3noc(C(C)C)n3)C2)c(C)o1. The summed E-state index contributed by atoms with van der Waals surface area (Å²) in [5.74, 6) is 3.19. The first kappa shape index (κ1) is 15.8. The van der Waals surface area contributed by atoms with E-state index < -0.39 is 0 Å². The number of aromatic nitrogens is 2. The molecule has 1 unspecified atom stereocenters. The van der Waals surface area contributed by atoms with E-state index in [9.17, 15) is 4.79 Å². The number of nitrogens with zero attached hydrogens (tertiary/aromatic N) is 3. The fraction of sp³-hybridized carbons (Fsp3) is 0.588. The summed E-state index contributed by atoms with van der Waals surface area (Å²) in [4.78, 5) is 19.1. The molecule has 1 aliphatic rings. The summed E-state index contributed by atoms with van der Waals surface area (Å²) in [6.45, 7) is 9.12. The van der Waals surface area contributed by atoms with Crippen LogP contribution in [-0.2, 0) is 0 Å². The van der Waals surface area contributed by atoms with Crippen LogP contribution in [0.3, 0.4) is 0 Å². The maximum Gasteiger partial charge on any atom is 0.257 e. The number of likely N-dealkylation sites (tertiary alicyclic amines) is 1. The van der Waals surface area contributed by atoms with Crippen molar-refractivity contribution in [3.8, 4) is 0 Å². The third kappa shape index (κ3) is 3.16. The molecule has 0 spiro atoms. The number of hydrogen-bond acceptors (Lipinski definition) is 5. The van der Waals surface area contributed by atoms with E-state index in [0.717, 1.165) is 25.1 Å². The minimum Gasteiger partial charge on any atom is -0.466 e. The smallest absolute Gasteiger partial charge is 0.257 e. The molecule has 6 heteroatoms. The number of aryl methyl sites for hydroxylation is 2. The van der Waals surface area contributed by atoms with Crippen molar-refractivity contribution in [1.82, 2.24) is 15.0 Å². The van der Waals surface area contributed by atoms with Crippen molar-refractivity contribution in [1.29, 1.82) is 0 Å². The Morgan fingerprint density at radius 1 is 1.39 bits per heavy atom. The molecule has 2 aromatic heterocycles. The predicted octanol–water partition coefficient (Wildman–Crippen LogP) is 3.42. The lowest BCUT2D eigenvalue weighted by Crippen LogP contribution is -2.39. The van der Waals surface area contributed by atoms with Gasteiger partial charge in [0.1, 0.15) is 11.5 Å². The van der Waals surface area contributed by atoms with Crippen molar-refractivity contribution in [2.75, 3.05) is 13.1 Å². The molecule has 23 heavy (non-hydrogen) atoms. The van der Waals surface area contributed by atoms with Gasteiger partial charge in [0.15, 0.2) is 5.82 Å². The third-order valence-corrected chi connectivity index (χ3v) is 4.30. The summed E-state index contributed by atoms with van der Waals surface area (Å²) in [6.07, 6.45) is 1.92. The topological polar surface area (TPSA) is 72.4 Å². The molecule has 0 saturated carbocycles. The van der Waals surface area contributed by atoms with Gasteiger partial charge in [0, 0.05) is 24.9 Å². The summed E-state index contributed by atoms with van der Waals surface area (Å²) >= 11 is 0. The molecule has 0 N–H and O–H groups in total. The zero-order valence-electron chi connectivity index (χ0n) is 14.1. The average molecular weight is 317 g/mol. The average Bonchev–Trinajstić information content (AvgIpc) is 3.13. The van der Waals surface area contributed by atoms with Crippen LogP contribution in [0, 0.1) is 13.8 Å². The molecule has 0 radical (unpaired) electrons. The molecule has 6 nitrogen and oxygen atoms in total. The maximum atomic E-state index is 12.7. The van der Waals surface area contributed by atoms with Crippen LogP contribution in [0.25, 0.3) is 0 Å². The summed E-state index contributed by atoms with van der Waals surface area (Å²) in [6, 6.07) is 1.81. The number of furan rings is 1. The van der Waals surface area contributed by atoms with Gasteiger partial charge < -0.3 is 13.8 Å². The van der Waals surface area contributed by atoms with Crippen molar-refractivity contribution in [2.45, 2.75) is 52.4 Å². The molecule has 0 bridgehead atoms. The van der Waals surface area contributed by atoms with E-state index in [1.165, 1.54) is 0 Å². The van der Waals surface area contributed by atoms with Crippen LogP contribution in [0.5, 0.6) is 0 Å². The Labute approximate surface area is 135 Å². The van der Waals surface area contributed by atoms with Crippen molar-refractivity contribution in [3.05, 3.63) is 34.9 Å². The van der Waals surface area contributed by atoms with Crippen LogP contribution in [0.15, 0.2) is 15.0 Å². The molecule has 124 valence electrons. The van der Waals surface area contributed by atoms with Crippen LogP contribution in [0.4, 0.5) is 0 Å². The highest BCUT2D eigenvalue weighted by Gasteiger charge is 2.30. The van der Waals surface area contributed by atoms with Gasteiger partial charge in [0.05, 0.1) is 5.56 Å². The van der Waals surface area contributed by atoms with Crippen molar-refractivity contribution < 1.29 is 13.7 Å². The lowest BCUT2D eigenvalue weighted by Gasteiger charge is -2.31. The van der Waals surface area contributed by atoms with Crippen LogP contribution in [0.1, 0.15) is 72.1 Å². The summed E-state index contributed by atoms with van der Waals surface area (Å²) in [5.41, 5.74) is 0.652. The second-order valence-electron chi connectivity index (χ2n) is 6.56. The molecule has 3 rings (SSSR count). The van der Waals surface area contributed by atoms with E-state index in [2.05, 4.69) is 10.1 Å². The lowest BCUT2D eigenvalue weighted by atomic mass is 9.96. The van der Waals surface area contributed by atoms with Gasteiger partial charge in [-0.05, 0) is 32.8 Å². The highest BCUT2D eigenvalue weighted by atomic mass is 16.5. The normalized spacial score (nSPS) is 18.7. The Morgan fingerprint density at radius 2 is 2.17 bits per heavy atom. The monoisotopic (exact) mass is 317 g/mol. The van der Waals surface area contributed by atoms with Gasteiger partial charge in [0.25, 0.3) is 5.91 Å². The van der Waals surface area contributed by atoms with E-state index in [1.54, 1.807) is 0 Å². The summed E-state index contributed by atoms with van der Waals surface area (Å²) < 4.78 is 10.8. The quantitative estimate of drug-likeness (QED) is 0.867. The maximum absolute atomic E-state index is 12.7. The fourth-order valence-corrected chi connectivity index (χ4v) is 3.03. The standard InChI is InChI=1S/C17H23N3O3/c1-10(2)16-18-15(19-23-16)13-6-5-7-20(9-13)17(21)14-8-11(3)22-12(14)4/h8,10,13H,5-7,9H2,1-4H3. The molecule has 0 aromatic carbocycles. The lowest BCUT2D eigenvalue weighted by molar-refractivity contribution is 0.0702. The summed E-state index contributed by atoms with van der Waals surface area (Å²) in [7, 11) is 0. The Hall–Kier alpha value is -2.11. The van der Waals surface area contributed by atoms with Gasteiger partial charge in [-0.1, -0.05) is 19.0 Å². The van der Waals surface area contributed by atoms with Gasteiger partial charge in [0.2, 0.25) is 5.89 Å². The zero-order valence-corrected chi connectivity index (χ0v) is 14.1. The Balaban J connectivity index is 1.75. The van der Waals surface area contributed by atoms with Crippen LogP contribution >= 0.6 is 0 Å². The number of amides is 1. The van der Waals surface area contributed by atoms with E-state index >= 15 is 0 Å². The number of carbonyl (C=O) groups is 1. The third-order valence-electron chi connectivity index (χ3n) is 4.30. The Morgan fingerprint density at radius 3 is 2.78 bits per heavy atom. The van der Waals surface area contributed by atoms with E-state index in [1.807, 2.05) is 38.7 Å². The van der Waals surface area contributed by atoms with Crippen molar-refractivity contribution in [2.24, 2.45) is 0 Å². The second kappa shape index (κ2) is 6.18. The van der Waals surface area contributed by atoms with E-state index in [4.69, 9.17) is 8.94 Å². The van der Waals surface area contributed by atoms with Crippen molar-refractivity contribution >= 4 is 5.91 Å². The van der Waals surface area contributed by atoms with Crippen molar-refractivity contribution in [3.63, 3.8) is 0 Å². The molecule has 2 aromatic rings. The number of hydrogen-bond donors (Lipinski definition) is 0. The molecule has 1 saturated heterocycles. The van der Waals surface area contributed by atoms with Gasteiger partial charge in [-0.3, -0.25) is 4.79 Å². The molecule has 0 aliphatic carbocycles. The highest BCUT2D eigenvalue weighted by Crippen LogP contribution is 2.28. The Bertz CT molecular complexity index is 702. The molecule has 1 aliphatic heterocycles. The number of rotatable bonds is 3. The molecule has 1 atom stereocenters. The van der Waals surface area contributed by atoms with Gasteiger partial charge in [-0.2, -0.15) is 4.98 Å². The van der Waals surface area contributed by atoms with Crippen LogP contribution in [0.2, 0.25) is 0 Å². The largest absolute Gasteiger partial charge is 0.466 e. The first-order valence-corrected chi connectivity index (χ1v) is 8.15. The minimum atomic E-state index is 0.0247. The first-order chi connectivity index (χ1) is 11.0. The van der Waals surface area contributed by atoms with Crippen LogP contribution < -0.4 is 0 Å². The van der Waals surface area contributed by atoms with E-state index in [-0.39, 0.29) is 17.7 Å². The van der Waals surface area contributed by atoms with Gasteiger partial charge >= 0.3 is 0 Å². The molecule has 1 fully saturated rings. The zero-order chi connectivity index (χ0) is 16.6. The first-order valence-electron chi connectivity index (χ1n) is 8.15. The molecule has 1 amide bonds. The summed E-state index contributed by atoms with van der Waals surface area (Å²) in [5, 5.41) is 4.11. The minimum absolute atomic E-state index is 0.0247. The van der Waals surface area contributed by atoms with Gasteiger partial charge in [-0.15, -0.1) is 0 Å². The molecule has 3 heterocycles. The number of piperidine rings is 1. The van der Waals surface area contributed by atoms with Crippen LogP contribution in [-0.4, -0.2) is 34.0 Å². The Kier molecular flexibility index (Phi) is 4.24. The fourth-order valence-electron chi connectivity index (χ4n) is 3.03. The predicted molar refractivity (Wildman–Crippen MR) is 84.4 cm³/mol. The highest BCUT2D eigenvalue weighted by molar-refractivity contribution is 5.95. The molecular formula is C17H23N3O3. The van der Waals surface area contributed by atoms with Gasteiger partial charge in [-0.25, -0.2) is 0 Å². The molecular weight excluding hydrogens is 294 g/mol.